The number of amides is 1. The second kappa shape index (κ2) is 7.84. The molecule has 1 amide bonds. The highest BCUT2D eigenvalue weighted by Gasteiger charge is 2.33. The third-order valence-corrected chi connectivity index (χ3v) is 5.17. The van der Waals surface area contributed by atoms with Crippen molar-refractivity contribution in [1.29, 1.82) is 0 Å². The van der Waals surface area contributed by atoms with Gasteiger partial charge in [-0.25, -0.2) is 0 Å². The molecule has 0 bridgehead atoms. The summed E-state index contributed by atoms with van der Waals surface area (Å²) in [5.41, 5.74) is 0.698. The number of carbonyl (C=O) groups is 1. The van der Waals surface area contributed by atoms with Crippen LogP contribution in [0.15, 0.2) is 39.9 Å². The van der Waals surface area contributed by atoms with E-state index in [0.717, 1.165) is 0 Å². The molecule has 0 saturated carbocycles. The van der Waals surface area contributed by atoms with E-state index in [2.05, 4.69) is 0 Å². The molecule has 0 N–H and O–H groups in total. The van der Waals surface area contributed by atoms with E-state index in [0.29, 0.717) is 44.3 Å². The summed E-state index contributed by atoms with van der Waals surface area (Å²) in [5, 5.41) is 0. The fraction of sp³-hybridized carbons (Fsp3) is 0.222. The van der Waals surface area contributed by atoms with E-state index >= 15 is 0 Å². The van der Waals surface area contributed by atoms with E-state index in [-0.39, 0.29) is 5.91 Å². The monoisotopic (exact) mass is 391 g/mol. The SMILES string of the molecule is COc1ccc(/C=C2/SC(=S)N(Cc3ccco3)C2=O)c(OC)c1OC. The van der Waals surface area contributed by atoms with Crippen molar-refractivity contribution >= 4 is 40.3 Å². The summed E-state index contributed by atoms with van der Waals surface area (Å²) in [6.45, 7) is 0.304. The summed E-state index contributed by atoms with van der Waals surface area (Å²) < 4.78 is 21.9. The molecule has 0 spiro atoms. The first-order valence-corrected chi connectivity index (χ1v) is 8.88. The third-order valence-electron chi connectivity index (χ3n) is 3.79. The summed E-state index contributed by atoms with van der Waals surface area (Å²) in [5.74, 6) is 2.00. The van der Waals surface area contributed by atoms with Gasteiger partial charge in [0.05, 0.1) is 39.0 Å². The molecule has 2 aromatic rings. The smallest absolute Gasteiger partial charge is 0.266 e. The van der Waals surface area contributed by atoms with Crippen molar-refractivity contribution in [2.45, 2.75) is 6.54 Å². The van der Waals surface area contributed by atoms with Crippen LogP contribution in [0.4, 0.5) is 0 Å². The van der Waals surface area contributed by atoms with Crippen LogP contribution >= 0.6 is 24.0 Å². The quantitative estimate of drug-likeness (QED) is 0.549. The van der Waals surface area contributed by atoms with Gasteiger partial charge in [0.1, 0.15) is 10.1 Å². The number of thiocarbonyl (C=S) groups is 1. The Hall–Kier alpha value is -2.45. The van der Waals surface area contributed by atoms with Crippen LogP contribution in [0.5, 0.6) is 17.2 Å². The maximum absolute atomic E-state index is 12.7. The summed E-state index contributed by atoms with van der Waals surface area (Å²) in [7, 11) is 4.63. The molecule has 1 aromatic carbocycles. The molecule has 1 aliphatic heterocycles. The molecule has 0 radical (unpaired) electrons. The van der Waals surface area contributed by atoms with E-state index in [1.54, 1.807) is 43.7 Å². The van der Waals surface area contributed by atoms with Crippen LogP contribution in [0.25, 0.3) is 6.08 Å². The van der Waals surface area contributed by atoms with E-state index in [1.165, 1.54) is 30.9 Å². The Morgan fingerprint density at radius 3 is 2.54 bits per heavy atom. The zero-order valence-corrected chi connectivity index (χ0v) is 16.1. The van der Waals surface area contributed by atoms with Gasteiger partial charge in [-0.15, -0.1) is 0 Å². The predicted octanol–water partition coefficient (Wildman–Crippen LogP) is 3.71. The van der Waals surface area contributed by atoms with E-state index in [1.807, 2.05) is 0 Å². The molecule has 2 heterocycles. The average molecular weight is 391 g/mol. The molecule has 26 heavy (non-hydrogen) atoms. The lowest BCUT2D eigenvalue weighted by Crippen LogP contribution is -2.27. The number of furan rings is 1. The van der Waals surface area contributed by atoms with Crippen molar-refractivity contribution in [3.63, 3.8) is 0 Å². The lowest BCUT2D eigenvalue weighted by Gasteiger charge is -2.14. The Balaban J connectivity index is 1.93. The fourth-order valence-electron chi connectivity index (χ4n) is 2.57. The first kappa shape index (κ1) is 18.3. The molecule has 1 saturated heterocycles. The normalized spacial score (nSPS) is 15.7. The van der Waals surface area contributed by atoms with Crippen LogP contribution in [0.2, 0.25) is 0 Å². The highest BCUT2D eigenvalue weighted by atomic mass is 32.2. The van der Waals surface area contributed by atoms with Crippen LogP contribution in [0.3, 0.4) is 0 Å². The molecule has 136 valence electrons. The Morgan fingerprint density at radius 1 is 1.15 bits per heavy atom. The van der Waals surface area contributed by atoms with Gasteiger partial charge in [0.15, 0.2) is 11.5 Å². The molecular formula is C18H17NO5S2. The Morgan fingerprint density at radius 2 is 1.92 bits per heavy atom. The Labute approximate surface area is 160 Å². The van der Waals surface area contributed by atoms with Gasteiger partial charge in [-0.3, -0.25) is 9.69 Å². The van der Waals surface area contributed by atoms with Crippen LogP contribution in [0, 0.1) is 0 Å². The number of hydrogen-bond acceptors (Lipinski definition) is 7. The van der Waals surface area contributed by atoms with Crippen molar-refractivity contribution in [3.8, 4) is 17.2 Å². The van der Waals surface area contributed by atoms with E-state index in [4.69, 9.17) is 30.8 Å². The fourth-order valence-corrected chi connectivity index (χ4v) is 3.82. The van der Waals surface area contributed by atoms with Crippen LogP contribution < -0.4 is 14.2 Å². The Bertz CT molecular complexity index is 861. The number of carbonyl (C=O) groups excluding carboxylic acids is 1. The van der Waals surface area contributed by atoms with Crippen molar-refractivity contribution in [3.05, 3.63) is 46.8 Å². The lowest BCUT2D eigenvalue weighted by molar-refractivity contribution is -0.122. The van der Waals surface area contributed by atoms with Crippen molar-refractivity contribution in [1.82, 2.24) is 4.90 Å². The number of rotatable bonds is 6. The van der Waals surface area contributed by atoms with Gasteiger partial charge in [-0.05, 0) is 30.3 Å². The van der Waals surface area contributed by atoms with Gasteiger partial charge >= 0.3 is 0 Å². The van der Waals surface area contributed by atoms with Crippen molar-refractivity contribution in [2.24, 2.45) is 0 Å². The van der Waals surface area contributed by atoms with Gasteiger partial charge in [0, 0.05) is 5.56 Å². The van der Waals surface area contributed by atoms with Crippen LogP contribution in [0.1, 0.15) is 11.3 Å². The summed E-state index contributed by atoms with van der Waals surface area (Å²) >= 11 is 6.58. The minimum Gasteiger partial charge on any atom is -0.493 e. The maximum Gasteiger partial charge on any atom is 0.266 e. The van der Waals surface area contributed by atoms with Gasteiger partial charge in [-0.1, -0.05) is 24.0 Å². The molecule has 1 fully saturated rings. The van der Waals surface area contributed by atoms with E-state index < -0.39 is 0 Å². The number of thioether (sulfide) groups is 1. The lowest BCUT2D eigenvalue weighted by atomic mass is 10.1. The molecule has 0 atom stereocenters. The second-order valence-corrected chi connectivity index (χ2v) is 6.95. The molecule has 1 aliphatic rings. The summed E-state index contributed by atoms with van der Waals surface area (Å²) in [4.78, 5) is 14.8. The number of methoxy groups -OCH3 is 3. The summed E-state index contributed by atoms with van der Waals surface area (Å²) in [6.07, 6.45) is 3.31. The number of nitrogens with zero attached hydrogens (tertiary/aromatic N) is 1. The highest BCUT2D eigenvalue weighted by molar-refractivity contribution is 8.26. The van der Waals surface area contributed by atoms with Crippen molar-refractivity contribution in [2.75, 3.05) is 21.3 Å². The topological polar surface area (TPSA) is 61.1 Å². The van der Waals surface area contributed by atoms with Crippen LogP contribution in [-0.4, -0.2) is 36.5 Å². The second-order valence-electron chi connectivity index (χ2n) is 5.27. The zero-order chi connectivity index (χ0) is 18.7. The molecule has 0 unspecified atom stereocenters. The standard InChI is InChI=1S/C18H17NO5S2/c1-21-13-7-6-11(15(22-2)16(13)23-3)9-14-17(20)19(18(25)26-14)10-12-5-4-8-24-12/h4-9H,10H2,1-3H3/b14-9+. The largest absolute Gasteiger partial charge is 0.493 e. The Kier molecular flexibility index (Phi) is 5.53. The zero-order valence-electron chi connectivity index (χ0n) is 14.5. The molecular weight excluding hydrogens is 374 g/mol. The van der Waals surface area contributed by atoms with Gasteiger partial charge in [-0.2, -0.15) is 0 Å². The first-order chi connectivity index (χ1) is 12.6. The van der Waals surface area contributed by atoms with Crippen LogP contribution in [-0.2, 0) is 11.3 Å². The molecule has 8 heteroatoms. The summed E-state index contributed by atoms with van der Waals surface area (Å²) in [6, 6.07) is 7.15. The van der Waals surface area contributed by atoms with Gasteiger partial charge < -0.3 is 18.6 Å². The molecule has 1 aromatic heterocycles. The number of benzene rings is 1. The van der Waals surface area contributed by atoms with Gasteiger partial charge in [0.25, 0.3) is 5.91 Å². The highest BCUT2D eigenvalue weighted by Crippen LogP contribution is 2.42. The first-order valence-electron chi connectivity index (χ1n) is 7.65. The number of ether oxygens (including phenoxy) is 3. The van der Waals surface area contributed by atoms with E-state index in [9.17, 15) is 4.79 Å². The molecule has 3 rings (SSSR count). The van der Waals surface area contributed by atoms with Gasteiger partial charge in [0.2, 0.25) is 5.75 Å². The number of hydrogen-bond donors (Lipinski definition) is 0. The minimum atomic E-state index is -0.173. The predicted molar refractivity (Wildman–Crippen MR) is 104 cm³/mol. The minimum absolute atomic E-state index is 0.173. The molecule has 6 nitrogen and oxygen atoms in total. The molecule has 0 aliphatic carbocycles. The average Bonchev–Trinajstić information content (AvgIpc) is 3.25. The van der Waals surface area contributed by atoms with Crippen molar-refractivity contribution < 1.29 is 23.4 Å². The third kappa shape index (κ3) is 3.42. The maximum atomic E-state index is 12.7.